The van der Waals surface area contributed by atoms with Crippen molar-refractivity contribution in [1.82, 2.24) is 10.3 Å². The second-order valence-electron chi connectivity index (χ2n) is 5.00. The Kier molecular flexibility index (Phi) is 3.23. The molecule has 0 spiro atoms. The van der Waals surface area contributed by atoms with Crippen LogP contribution in [0.2, 0.25) is 0 Å². The number of carbonyl (C=O) groups excluding carboxylic acids is 1. The summed E-state index contributed by atoms with van der Waals surface area (Å²) < 4.78 is 0. The monoisotopic (exact) mass is 253 g/mol. The first-order chi connectivity index (χ1) is 7.96. The molecule has 2 rings (SSSR count). The zero-order valence-electron chi connectivity index (χ0n) is 10.5. The lowest BCUT2D eigenvalue weighted by Crippen LogP contribution is -2.53. The fourth-order valence-electron chi connectivity index (χ4n) is 2.10. The molecule has 1 saturated carbocycles. The van der Waals surface area contributed by atoms with Crippen LogP contribution in [0.15, 0.2) is 0 Å². The number of aromatic nitrogens is 1. The molecule has 0 aliphatic heterocycles. The molecule has 1 aliphatic rings. The first kappa shape index (κ1) is 12.5. The van der Waals surface area contributed by atoms with Crippen molar-refractivity contribution in [1.29, 1.82) is 0 Å². The lowest BCUT2D eigenvalue weighted by atomic mass is 9.96. The molecule has 1 aromatic heterocycles. The van der Waals surface area contributed by atoms with E-state index in [1.165, 1.54) is 11.3 Å². The maximum atomic E-state index is 12.2. The van der Waals surface area contributed by atoms with E-state index in [2.05, 4.69) is 10.3 Å². The Hall–Kier alpha value is -0.940. The van der Waals surface area contributed by atoms with E-state index in [0.717, 1.165) is 23.5 Å². The van der Waals surface area contributed by atoms with Crippen LogP contribution in [0.3, 0.4) is 0 Å². The highest BCUT2D eigenvalue weighted by Crippen LogP contribution is 2.39. The zero-order chi connectivity index (χ0) is 12.6. The molecule has 1 fully saturated rings. The Morgan fingerprint density at radius 2 is 2.24 bits per heavy atom. The summed E-state index contributed by atoms with van der Waals surface area (Å²) in [6, 6.07) is 0. The summed E-state index contributed by atoms with van der Waals surface area (Å²) in [4.78, 5) is 17.2. The van der Waals surface area contributed by atoms with Crippen molar-refractivity contribution in [3.8, 4) is 0 Å². The standard InChI is InChI=1S/C12H19N3OS/c1-7-10(17-8(2)14-7)11(16)15-12(3,6-13)9-4-5-9/h9H,4-6,13H2,1-3H3,(H,15,16). The van der Waals surface area contributed by atoms with Crippen molar-refractivity contribution < 1.29 is 4.79 Å². The molecule has 94 valence electrons. The minimum absolute atomic E-state index is 0.0343. The maximum absolute atomic E-state index is 12.2. The summed E-state index contributed by atoms with van der Waals surface area (Å²) in [6.07, 6.45) is 2.32. The Morgan fingerprint density at radius 1 is 1.59 bits per heavy atom. The summed E-state index contributed by atoms with van der Waals surface area (Å²) >= 11 is 1.44. The predicted molar refractivity (Wildman–Crippen MR) is 69.2 cm³/mol. The number of nitrogens with one attached hydrogen (secondary N) is 1. The number of hydrogen-bond acceptors (Lipinski definition) is 4. The van der Waals surface area contributed by atoms with Gasteiger partial charge in [0.05, 0.1) is 16.2 Å². The van der Waals surface area contributed by atoms with Crippen LogP contribution < -0.4 is 11.1 Å². The van der Waals surface area contributed by atoms with Gasteiger partial charge in [-0.1, -0.05) is 0 Å². The molecule has 1 aromatic rings. The molecule has 5 heteroatoms. The quantitative estimate of drug-likeness (QED) is 0.856. The van der Waals surface area contributed by atoms with Crippen LogP contribution >= 0.6 is 11.3 Å². The van der Waals surface area contributed by atoms with Crippen LogP contribution in [0.25, 0.3) is 0 Å². The van der Waals surface area contributed by atoms with Crippen molar-refractivity contribution in [3.63, 3.8) is 0 Å². The van der Waals surface area contributed by atoms with Gasteiger partial charge in [0.2, 0.25) is 0 Å². The van der Waals surface area contributed by atoms with Gasteiger partial charge in [-0.05, 0) is 39.5 Å². The lowest BCUT2D eigenvalue weighted by Gasteiger charge is -2.29. The van der Waals surface area contributed by atoms with E-state index in [1.54, 1.807) is 0 Å². The van der Waals surface area contributed by atoms with Gasteiger partial charge in [0.15, 0.2) is 0 Å². The Morgan fingerprint density at radius 3 is 2.65 bits per heavy atom. The van der Waals surface area contributed by atoms with Gasteiger partial charge < -0.3 is 11.1 Å². The highest BCUT2D eigenvalue weighted by molar-refractivity contribution is 7.13. The van der Waals surface area contributed by atoms with E-state index in [1.807, 2.05) is 20.8 Å². The summed E-state index contributed by atoms with van der Waals surface area (Å²) in [5.41, 5.74) is 6.33. The molecule has 1 atom stereocenters. The second-order valence-corrected chi connectivity index (χ2v) is 6.20. The molecule has 17 heavy (non-hydrogen) atoms. The summed E-state index contributed by atoms with van der Waals surface area (Å²) in [5.74, 6) is 0.499. The predicted octanol–water partition coefficient (Wildman–Crippen LogP) is 1.62. The Balaban J connectivity index is 2.13. The smallest absolute Gasteiger partial charge is 0.263 e. The number of amides is 1. The van der Waals surface area contributed by atoms with E-state index in [9.17, 15) is 4.79 Å². The highest BCUT2D eigenvalue weighted by atomic mass is 32.1. The van der Waals surface area contributed by atoms with Gasteiger partial charge in [0.1, 0.15) is 4.88 Å². The molecule has 4 nitrogen and oxygen atoms in total. The van der Waals surface area contributed by atoms with Crippen molar-refractivity contribution in [2.75, 3.05) is 6.54 Å². The van der Waals surface area contributed by atoms with E-state index in [0.29, 0.717) is 17.3 Å². The van der Waals surface area contributed by atoms with Crippen LogP contribution in [-0.2, 0) is 0 Å². The van der Waals surface area contributed by atoms with Gasteiger partial charge in [0.25, 0.3) is 5.91 Å². The van der Waals surface area contributed by atoms with Crippen molar-refractivity contribution in [3.05, 3.63) is 15.6 Å². The third kappa shape index (κ3) is 2.50. The minimum Gasteiger partial charge on any atom is -0.345 e. The first-order valence-corrected chi connectivity index (χ1v) is 6.74. The maximum Gasteiger partial charge on any atom is 0.263 e. The van der Waals surface area contributed by atoms with E-state index < -0.39 is 0 Å². The van der Waals surface area contributed by atoms with Gasteiger partial charge in [-0.15, -0.1) is 11.3 Å². The van der Waals surface area contributed by atoms with Gasteiger partial charge in [-0.25, -0.2) is 4.98 Å². The van der Waals surface area contributed by atoms with Crippen molar-refractivity contribution in [2.24, 2.45) is 11.7 Å². The van der Waals surface area contributed by atoms with Crippen LogP contribution in [-0.4, -0.2) is 23.0 Å². The molecule has 1 heterocycles. The molecule has 1 aliphatic carbocycles. The molecular weight excluding hydrogens is 234 g/mol. The molecule has 1 amide bonds. The van der Waals surface area contributed by atoms with Gasteiger partial charge in [-0.2, -0.15) is 0 Å². The number of rotatable bonds is 4. The molecule has 0 radical (unpaired) electrons. The van der Waals surface area contributed by atoms with Crippen LogP contribution in [0.4, 0.5) is 0 Å². The van der Waals surface area contributed by atoms with Crippen LogP contribution in [0, 0.1) is 19.8 Å². The SMILES string of the molecule is Cc1nc(C)c(C(=O)NC(C)(CN)C2CC2)s1. The molecule has 0 bridgehead atoms. The van der Waals surface area contributed by atoms with Gasteiger partial charge >= 0.3 is 0 Å². The average molecular weight is 253 g/mol. The number of nitrogens with two attached hydrogens (primary N) is 1. The lowest BCUT2D eigenvalue weighted by molar-refractivity contribution is 0.0901. The van der Waals surface area contributed by atoms with E-state index in [-0.39, 0.29) is 11.4 Å². The molecule has 0 aromatic carbocycles. The van der Waals surface area contributed by atoms with Crippen molar-refractivity contribution in [2.45, 2.75) is 39.2 Å². The van der Waals surface area contributed by atoms with E-state index >= 15 is 0 Å². The Bertz CT molecular complexity index is 439. The van der Waals surface area contributed by atoms with E-state index in [4.69, 9.17) is 5.73 Å². The third-order valence-electron chi connectivity index (χ3n) is 3.41. The normalized spacial score (nSPS) is 18.8. The fourth-order valence-corrected chi connectivity index (χ4v) is 2.91. The number of nitrogens with zero attached hydrogens (tertiary/aromatic N) is 1. The van der Waals surface area contributed by atoms with Crippen molar-refractivity contribution >= 4 is 17.2 Å². The summed E-state index contributed by atoms with van der Waals surface area (Å²) in [7, 11) is 0. The topological polar surface area (TPSA) is 68.0 Å². The first-order valence-electron chi connectivity index (χ1n) is 5.93. The van der Waals surface area contributed by atoms with Crippen LogP contribution in [0.5, 0.6) is 0 Å². The third-order valence-corrected chi connectivity index (χ3v) is 4.48. The molecule has 1 unspecified atom stereocenters. The number of hydrogen-bond donors (Lipinski definition) is 2. The zero-order valence-corrected chi connectivity index (χ0v) is 11.4. The molecule has 0 saturated heterocycles. The largest absolute Gasteiger partial charge is 0.345 e. The molecule has 3 N–H and O–H groups in total. The molecular formula is C12H19N3OS. The van der Waals surface area contributed by atoms with Gasteiger partial charge in [0, 0.05) is 6.54 Å². The highest BCUT2D eigenvalue weighted by Gasteiger charge is 2.41. The second kappa shape index (κ2) is 4.38. The summed E-state index contributed by atoms with van der Waals surface area (Å²) in [5, 5.41) is 4.01. The minimum atomic E-state index is -0.262. The average Bonchev–Trinajstić information content (AvgIpc) is 3.05. The Labute approximate surface area is 106 Å². The number of thiazole rings is 1. The number of carbonyl (C=O) groups is 1. The van der Waals surface area contributed by atoms with Crippen LogP contribution in [0.1, 0.15) is 40.1 Å². The van der Waals surface area contributed by atoms with Gasteiger partial charge in [-0.3, -0.25) is 4.79 Å². The fraction of sp³-hybridized carbons (Fsp3) is 0.667. The summed E-state index contributed by atoms with van der Waals surface area (Å²) in [6.45, 7) is 6.30. The number of aryl methyl sites for hydroxylation is 2.